The molecule has 2 rings (SSSR count). The Balaban J connectivity index is 2.27. The second kappa shape index (κ2) is 5.63. The van der Waals surface area contributed by atoms with Gasteiger partial charge in [0.15, 0.2) is 0 Å². The zero-order valence-electron chi connectivity index (χ0n) is 10.2. The fourth-order valence-electron chi connectivity index (χ4n) is 1.61. The van der Waals surface area contributed by atoms with Gasteiger partial charge in [0.05, 0.1) is 17.1 Å². The van der Waals surface area contributed by atoms with Gasteiger partial charge < -0.3 is 10.3 Å². The summed E-state index contributed by atoms with van der Waals surface area (Å²) in [6, 6.07) is 4.72. The Labute approximate surface area is 113 Å². The van der Waals surface area contributed by atoms with Crippen molar-refractivity contribution in [3.05, 3.63) is 44.6 Å². The highest BCUT2D eigenvalue weighted by molar-refractivity contribution is 7.07. The summed E-state index contributed by atoms with van der Waals surface area (Å²) >= 11 is 1.60. The molecule has 0 radical (unpaired) electrons. The molecular weight excluding hydrogens is 266 g/mol. The molecule has 0 unspecified atom stereocenters. The Morgan fingerprint density at radius 2 is 2.37 bits per heavy atom. The highest BCUT2D eigenvalue weighted by atomic mass is 32.1. The van der Waals surface area contributed by atoms with E-state index >= 15 is 0 Å². The number of nitrogen functional groups attached to an aromatic ring is 1. The van der Waals surface area contributed by atoms with Gasteiger partial charge in [-0.2, -0.15) is 11.3 Å². The lowest BCUT2D eigenvalue weighted by Gasteiger charge is -2.18. The molecule has 2 aromatic rings. The molecule has 0 atom stereocenters. The van der Waals surface area contributed by atoms with Gasteiger partial charge in [-0.25, -0.2) is 10.8 Å². The second-order valence-corrected chi connectivity index (χ2v) is 4.74. The Morgan fingerprint density at radius 1 is 1.58 bits per heavy atom. The van der Waals surface area contributed by atoms with Crippen LogP contribution in [0.1, 0.15) is 5.56 Å². The van der Waals surface area contributed by atoms with Crippen LogP contribution in [0.15, 0.2) is 29.0 Å². The number of aromatic nitrogens is 1. The van der Waals surface area contributed by atoms with Gasteiger partial charge in [-0.15, -0.1) is 0 Å². The van der Waals surface area contributed by atoms with Crippen LogP contribution in [0.25, 0.3) is 0 Å². The van der Waals surface area contributed by atoms with Crippen molar-refractivity contribution in [3.63, 3.8) is 0 Å². The van der Waals surface area contributed by atoms with Crippen LogP contribution in [-0.4, -0.2) is 17.0 Å². The van der Waals surface area contributed by atoms with Gasteiger partial charge >= 0.3 is 0 Å². The van der Waals surface area contributed by atoms with E-state index in [1.54, 1.807) is 11.3 Å². The summed E-state index contributed by atoms with van der Waals surface area (Å²) in [5, 5.41) is 14.9. The predicted molar refractivity (Wildman–Crippen MR) is 75.1 cm³/mol. The predicted octanol–water partition coefficient (Wildman–Crippen LogP) is 1.97. The van der Waals surface area contributed by atoms with E-state index in [9.17, 15) is 10.1 Å². The molecule has 19 heavy (non-hydrogen) atoms. The minimum Gasteiger partial charge on any atom is -0.355 e. The molecule has 0 aliphatic heterocycles. The smallest absolute Gasteiger partial charge is 0.276 e. The van der Waals surface area contributed by atoms with E-state index in [0.29, 0.717) is 12.4 Å². The number of anilines is 2. The number of pyridine rings is 1. The molecule has 0 fully saturated rings. The van der Waals surface area contributed by atoms with Crippen molar-refractivity contribution in [2.75, 3.05) is 17.4 Å². The van der Waals surface area contributed by atoms with Gasteiger partial charge in [-0.3, -0.25) is 10.1 Å². The Hall–Kier alpha value is -2.19. The van der Waals surface area contributed by atoms with E-state index in [1.807, 2.05) is 28.8 Å². The van der Waals surface area contributed by atoms with E-state index < -0.39 is 4.92 Å². The van der Waals surface area contributed by atoms with Gasteiger partial charge in [0.25, 0.3) is 5.69 Å². The van der Waals surface area contributed by atoms with Crippen LogP contribution in [-0.2, 0) is 6.54 Å². The number of nitrogens with zero attached hydrogens (tertiary/aromatic N) is 3. The highest BCUT2D eigenvalue weighted by Gasteiger charge is 2.13. The lowest BCUT2D eigenvalue weighted by atomic mass is 10.3. The van der Waals surface area contributed by atoms with Crippen molar-refractivity contribution in [2.24, 2.45) is 5.84 Å². The lowest BCUT2D eigenvalue weighted by molar-refractivity contribution is -0.384. The van der Waals surface area contributed by atoms with E-state index in [1.165, 1.54) is 12.1 Å². The van der Waals surface area contributed by atoms with Crippen molar-refractivity contribution in [1.29, 1.82) is 0 Å². The van der Waals surface area contributed by atoms with E-state index in [-0.39, 0.29) is 11.5 Å². The van der Waals surface area contributed by atoms with E-state index in [0.717, 1.165) is 5.56 Å². The van der Waals surface area contributed by atoms with Crippen molar-refractivity contribution in [2.45, 2.75) is 6.54 Å². The van der Waals surface area contributed by atoms with E-state index in [2.05, 4.69) is 10.4 Å². The molecule has 0 amide bonds. The molecule has 0 spiro atoms. The van der Waals surface area contributed by atoms with Crippen molar-refractivity contribution < 1.29 is 4.92 Å². The highest BCUT2D eigenvalue weighted by Crippen LogP contribution is 2.23. The summed E-state index contributed by atoms with van der Waals surface area (Å²) in [6.07, 6.45) is 0. The normalized spacial score (nSPS) is 10.2. The SMILES string of the molecule is CN(Cc1ccsc1)c1cc([N+](=O)[O-])cc(NN)n1. The Bertz CT molecular complexity index is 572. The molecule has 0 aromatic carbocycles. The van der Waals surface area contributed by atoms with Crippen LogP contribution in [0.3, 0.4) is 0 Å². The van der Waals surface area contributed by atoms with Gasteiger partial charge in [-0.05, 0) is 22.4 Å². The maximum absolute atomic E-state index is 10.9. The van der Waals surface area contributed by atoms with Gasteiger partial charge in [-0.1, -0.05) is 0 Å². The molecule has 100 valence electrons. The largest absolute Gasteiger partial charge is 0.355 e. The molecule has 0 saturated carbocycles. The average molecular weight is 279 g/mol. The summed E-state index contributed by atoms with van der Waals surface area (Å²) in [7, 11) is 1.82. The third-order valence-corrected chi connectivity index (χ3v) is 3.28. The van der Waals surface area contributed by atoms with Crippen LogP contribution < -0.4 is 16.2 Å². The maximum atomic E-state index is 10.9. The fraction of sp³-hybridized carbons (Fsp3) is 0.182. The molecule has 2 heterocycles. The van der Waals surface area contributed by atoms with Crippen molar-refractivity contribution in [3.8, 4) is 0 Å². The standard InChI is InChI=1S/C11H13N5O2S/c1-15(6-8-2-3-19-7-8)11-5-9(16(17)18)4-10(13-11)14-12/h2-5,7H,6,12H2,1H3,(H,13,14). The molecule has 2 aromatic heterocycles. The number of hydrogen-bond acceptors (Lipinski definition) is 7. The van der Waals surface area contributed by atoms with Crippen LogP contribution >= 0.6 is 11.3 Å². The summed E-state index contributed by atoms with van der Waals surface area (Å²) in [5.74, 6) is 6.03. The first-order valence-corrected chi connectivity index (χ1v) is 6.39. The van der Waals surface area contributed by atoms with Crippen LogP contribution in [0, 0.1) is 10.1 Å². The lowest BCUT2D eigenvalue weighted by Crippen LogP contribution is -2.19. The van der Waals surface area contributed by atoms with Crippen molar-refractivity contribution >= 4 is 28.7 Å². The number of rotatable bonds is 5. The molecule has 7 nitrogen and oxygen atoms in total. The molecule has 0 aliphatic carbocycles. The Kier molecular flexibility index (Phi) is 3.93. The number of nitrogens with two attached hydrogens (primary N) is 1. The van der Waals surface area contributed by atoms with Crippen LogP contribution in [0.4, 0.5) is 17.3 Å². The number of nitrogens with one attached hydrogen (secondary N) is 1. The first-order chi connectivity index (χ1) is 9.10. The number of hydrazine groups is 1. The van der Waals surface area contributed by atoms with Crippen molar-refractivity contribution in [1.82, 2.24) is 4.98 Å². The van der Waals surface area contributed by atoms with Crippen LogP contribution in [0.5, 0.6) is 0 Å². The third kappa shape index (κ3) is 3.18. The zero-order valence-corrected chi connectivity index (χ0v) is 11.1. The molecule has 0 saturated heterocycles. The second-order valence-electron chi connectivity index (χ2n) is 3.96. The quantitative estimate of drug-likeness (QED) is 0.493. The average Bonchev–Trinajstić information content (AvgIpc) is 2.90. The molecule has 3 N–H and O–H groups in total. The third-order valence-electron chi connectivity index (χ3n) is 2.55. The summed E-state index contributed by atoms with van der Waals surface area (Å²) in [5.41, 5.74) is 3.42. The number of hydrogen-bond donors (Lipinski definition) is 2. The first kappa shape index (κ1) is 13.2. The topological polar surface area (TPSA) is 97.3 Å². The van der Waals surface area contributed by atoms with E-state index in [4.69, 9.17) is 5.84 Å². The number of thiophene rings is 1. The first-order valence-electron chi connectivity index (χ1n) is 5.45. The summed E-state index contributed by atoms with van der Waals surface area (Å²) in [4.78, 5) is 16.4. The number of nitro groups is 1. The van der Waals surface area contributed by atoms with Crippen LogP contribution in [0.2, 0.25) is 0 Å². The fourth-order valence-corrected chi connectivity index (χ4v) is 2.27. The summed E-state index contributed by atoms with van der Waals surface area (Å²) in [6.45, 7) is 0.627. The molecule has 0 bridgehead atoms. The Morgan fingerprint density at radius 3 is 2.95 bits per heavy atom. The van der Waals surface area contributed by atoms with Gasteiger partial charge in [0.1, 0.15) is 11.6 Å². The maximum Gasteiger partial charge on any atom is 0.276 e. The van der Waals surface area contributed by atoms with Gasteiger partial charge in [0.2, 0.25) is 0 Å². The summed E-state index contributed by atoms with van der Waals surface area (Å²) < 4.78 is 0. The minimum atomic E-state index is -0.468. The molecule has 8 heteroatoms. The molecular formula is C11H13N5O2S. The minimum absolute atomic E-state index is 0.0462. The monoisotopic (exact) mass is 279 g/mol. The zero-order chi connectivity index (χ0) is 13.8. The molecule has 0 aliphatic rings. The van der Waals surface area contributed by atoms with Gasteiger partial charge in [0, 0.05) is 13.6 Å².